The van der Waals surface area contributed by atoms with Gasteiger partial charge in [-0.1, -0.05) is 88.6 Å². The van der Waals surface area contributed by atoms with Crippen LogP contribution in [-0.2, 0) is 9.53 Å². The van der Waals surface area contributed by atoms with Gasteiger partial charge in [-0.3, -0.25) is 10.1 Å². The molecule has 0 aliphatic carbocycles. The molecule has 4 rings (SSSR count). The normalized spacial score (nSPS) is 16.5. The third-order valence-electron chi connectivity index (χ3n) is 6.68. The Morgan fingerprint density at radius 3 is 2.32 bits per heavy atom. The summed E-state index contributed by atoms with van der Waals surface area (Å²) in [5.41, 5.74) is 0.438. The van der Waals surface area contributed by atoms with E-state index in [9.17, 15) is 14.9 Å². The van der Waals surface area contributed by atoms with Crippen LogP contribution < -0.4 is 9.47 Å². The summed E-state index contributed by atoms with van der Waals surface area (Å²) in [6.45, 7) is 2.74. The molecule has 37 heavy (non-hydrogen) atoms. The molecule has 1 aliphatic heterocycles. The zero-order valence-electron chi connectivity index (χ0n) is 21.4. The Bertz CT molecular complexity index is 1210. The number of non-ortho nitro benzene ring substituents is 1. The fourth-order valence-corrected chi connectivity index (χ4v) is 4.53. The van der Waals surface area contributed by atoms with E-state index in [4.69, 9.17) is 14.2 Å². The zero-order chi connectivity index (χ0) is 26.0. The van der Waals surface area contributed by atoms with Gasteiger partial charge in [0.15, 0.2) is 6.10 Å². The first-order valence-electron chi connectivity index (χ1n) is 13.3. The molecular formula is C30H35NO6. The van der Waals surface area contributed by atoms with Crippen molar-refractivity contribution in [3.63, 3.8) is 0 Å². The van der Waals surface area contributed by atoms with Crippen LogP contribution in [0.3, 0.4) is 0 Å². The van der Waals surface area contributed by atoms with Gasteiger partial charge in [-0.2, -0.15) is 0 Å². The number of esters is 1. The second kappa shape index (κ2) is 13.2. The van der Waals surface area contributed by atoms with Crippen molar-refractivity contribution in [3.8, 4) is 11.5 Å². The van der Waals surface area contributed by atoms with Crippen molar-refractivity contribution in [1.29, 1.82) is 0 Å². The topological polar surface area (TPSA) is 91.2 Å². The summed E-state index contributed by atoms with van der Waals surface area (Å²) in [4.78, 5) is 23.6. The molecule has 0 radical (unpaired) electrons. The Morgan fingerprint density at radius 1 is 0.892 bits per heavy atom. The molecule has 3 aromatic rings. The van der Waals surface area contributed by atoms with Gasteiger partial charge < -0.3 is 14.2 Å². The minimum Gasteiger partial charge on any atom is -0.493 e. The molecule has 0 saturated carbocycles. The van der Waals surface area contributed by atoms with E-state index < -0.39 is 23.1 Å². The summed E-state index contributed by atoms with van der Waals surface area (Å²) in [6.07, 6.45) is 9.43. The van der Waals surface area contributed by atoms with E-state index in [0.717, 1.165) is 23.6 Å². The fraction of sp³-hybridized carbons (Fsp3) is 0.433. The molecule has 2 atom stereocenters. The lowest BCUT2D eigenvalue weighted by Crippen LogP contribution is -2.15. The SMILES string of the molecule is CCCCCCCCCCCOc1ccc([N+](=O)[O-])cc1[C@@H]1O[C@H]1C(=O)Oc1ccc2ccccc2c1. The lowest BCUT2D eigenvalue weighted by atomic mass is 10.1. The molecule has 0 spiro atoms. The van der Waals surface area contributed by atoms with Gasteiger partial charge in [0.05, 0.1) is 11.5 Å². The summed E-state index contributed by atoms with van der Waals surface area (Å²) in [5.74, 6) is 0.409. The van der Waals surface area contributed by atoms with E-state index >= 15 is 0 Å². The highest BCUT2D eigenvalue weighted by Crippen LogP contribution is 2.45. The van der Waals surface area contributed by atoms with Crippen LogP contribution in [0.2, 0.25) is 0 Å². The Balaban J connectivity index is 1.30. The number of rotatable bonds is 15. The second-order valence-corrected chi connectivity index (χ2v) is 9.56. The van der Waals surface area contributed by atoms with Gasteiger partial charge in [0.2, 0.25) is 0 Å². The van der Waals surface area contributed by atoms with Crippen molar-refractivity contribution in [2.45, 2.75) is 76.9 Å². The van der Waals surface area contributed by atoms with Crippen LogP contribution in [0.5, 0.6) is 11.5 Å². The predicted molar refractivity (Wildman–Crippen MR) is 143 cm³/mol. The van der Waals surface area contributed by atoms with Crippen LogP contribution in [0.15, 0.2) is 60.7 Å². The smallest absolute Gasteiger partial charge is 0.343 e. The van der Waals surface area contributed by atoms with Crippen molar-refractivity contribution in [2.24, 2.45) is 0 Å². The first kappa shape index (κ1) is 26.6. The largest absolute Gasteiger partial charge is 0.493 e. The van der Waals surface area contributed by atoms with E-state index in [-0.39, 0.29) is 5.69 Å². The molecule has 0 N–H and O–H groups in total. The van der Waals surface area contributed by atoms with E-state index in [1.54, 1.807) is 18.2 Å². The van der Waals surface area contributed by atoms with Crippen LogP contribution in [0.4, 0.5) is 5.69 Å². The zero-order valence-corrected chi connectivity index (χ0v) is 21.4. The Hall–Kier alpha value is -3.45. The molecule has 0 aromatic heterocycles. The molecule has 196 valence electrons. The summed E-state index contributed by atoms with van der Waals surface area (Å²) in [7, 11) is 0. The summed E-state index contributed by atoms with van der Waals surface area (Å²) < 4.78 is 17.1. The van der Waals surface area contributed by atoms with Gasteiger partial charge in [0.1, 0.15) is 17.6 Å². The molecule has 1 aliphatic rings. The van der Waals surface area contributed by atoms with Crippen LogP contribution in [-0.4, -0.2) is 23.6 Å². The predicted octanol–water partition coefficient (Wildman–Crippen LogP) is 7.70. The van der Waals surface area contributed by atoms with Crippen molar-refractivity contribution in [2.75, 3.05) is 6.61 Å². The van der Waals surface area contributed by atoms with Gasteiger partial charge in [-0.15, -0.1) is 0 Å². The Labute approximate surface area is 217 Å². The Kier molecular flexibility index (Phi) is 9.49. The number of fused-ring (bicyclic) bond motifs is 1. The summed E-state index contributed by atoms with van der Waals surface area (Å²) >= 11 is 0. The Morgan fingerprint density at radius 2 is 1.59 bits per heavy atom. The third kappa shape index (κ3) is 7.52. The number of epoxide rings is 1. The number of benzene rings is 3. The number of carbonyl (C=O) groups is 1. The summed E-state index contributed by atoms with van der Waals surface area (Å²) in [5, 5.41) is 13.4. The van der Waals surface area contributed by atoms with E-state index in [2.05, 4.69) is 6.92 Å². The standard InChI is InChI=1S/C30H35NO6/c1-2-3-4-5-6-7-8-9-12-19-35-27-18-16-24(31(33)34)21-26(27)28-29(37-28)30(32)36-25-17-15-22-13-10-11-14-23(22)20-25/h10-11,13-18,20-21,28-29H,2-9,12,19H2,1H3/t28-,29+/m0/s1. The van der Waals surface area contributed by atoms with Gasteiger partial charge in [0, 0.05) is 17.7 Å². The molecule has 0 amide bonds. The number of carbonyl (C=O) groups excluding carboxylic acids is 1. The number of unbranched alkanes of at least 4 members (excludes halogenated alkanes) is 8. The lowest BCUT2D eigenvalue weighted by Gasteiger charge is -2.10. The van der Waals surface area contributed by atoms with Gasteiger partial charge in [-0.25, -0.2) is 4.79 Å². The maximum atomic E-state index is 12.7. The van der Waals surface area contributed by atoms with Crippen molar-refractivity contribution in [3.05, 3.63) is 76.3 Å². The average molecular weight is 506 g/mol. The first-order chi connectivity index (χ1) is 18.1. The number of hydrogen-bond acceptors (Lipinski definition) is 6. The van der Waals surface area contributed by atoms with Gasteiger partial charge >= 0.3 is 5.97 Å². The number of nitro groups is 1. The monoisotopic (exact) mass is 505 g/mol. The molecule has 1 fully saturated rings. The number of nitrogens with zero attached hydrogens (tertiary/aromatic N) is 1. The molecule has 7 heteroatoms. The van der Waals surface area contributed by atoms with Crippen LogP contribution in [0.25, 0.3) is 10.8 Å². The number of ether oxygens (including phenoxy) is 3. The molecule has 1 saturated heterocycles. The average Bonchev–Trinajstić information content (AvgIpc) is 3.71. The molecule has 3 aromatic carbocycles. The highest BCUT2D eigenvalue weighted by atomic mass is 16.6. The minimum absolute atomic E-state index is 0.0671. The van der Waals surface area contributed by atoms with Crippen LogP contribution >= 0.6 is 0 Å². The number of hydrogen-bond donors (Lipinski definition) is 0. The summed E-state index contributed by atoms with van der Waals surface area (Å²) in [6, 6.07) is 17.7. The van der Waals surface area contributed by atoms with Gasteiger partial charge in [0.25, 0.3) is 5.69 Å². The first-order valence-corrected chi connectivity index (χ1v) is 13.3. The molecular weight excluding hydrogens is 470 g/mol. The lowest BCUT2D eigenvalue weighted by molar-refractivity contribution is -0.385. The quantitative estimate of drug-likeness (QED) is 0.0525. The maximum Gasteiger partial charge on any atom is 0.343 e. The second-order valence-electron chi connectivity index (χ2n) is 9.56. The minimum atomic E-state index is -0.830. The molecule has 1 heterocycles. The van der Waals surface area contributed by atoms with Crippen molar-refractivity contribution >= 4 is 22.4 Å². The van der Waals surface area contributed by atoms with Crippen molar-refractivity contribution in [1.82, 2.24) is 0 Å². The van der Waals surface area contributed by atoms with E-state index in [1.807, 2.05) is 30.3 Å². The molecule has 7 nitrogen and oxygen atoms in total. The van der Waals surface area contributed by atoms with Crippen LogP contribution in [0, 0.1) is 10.1 Å². The molecule has 0 bridgehead atoms. The van der Waals surface area contributed by atoms with Crippen LogP contribution in [0.1, 0.15) is 76.4 Å². The van der Waals surface area contributed by atoms with Gasteiger partial charge in [-0.05, 0) is 35.4 Å². The fourth-order valence-electron chi connectivity index (χ4n) is 4.53. The van der Waals surface area contributed by atoms with E-state index in [0.29, 0.717) is 23.7 Å². The highest BCUT2D eigenvalue weighted by Gasteiger charge is 2.49. The maximum absolute atomic E-state index is 12.7. The van der Waals surface area contributed by atoms with Crippen molar-refractivity contribution < 1.29 is 23.9 Å². The van der Waals surface area contributed by atoms with E-state index in [1.165, 1.54) is 57.1 Å². The highest BCUT2D eigenvalue weighted by molar-refractivity contribution is 5.86. The third-order valence-corrected chi connectivity index (χ3v) is 6.68. The molecule has 0 unspecified atom stereocenters. The number of nitro benzene ring substituents is 1.